The van der Waals surface area contributed by atoms with Crippen LogP contribution < -0.4 is 5.32 Å². The molecule has 1 aromatic carbocycles. The van der Waals surface area contributed by atoms with Crippen LogP contribution in [0.2, 0.25) is 0 Å². The van der Waals surface area contributed by atoms with E-state index < -0.39 is 0 Å². The van der Waals surface area contributed by atoms with Gasteiger partial charge in [0.25, 0.3) is 0 Å². The van der Waals surface area contributed by atoms with E-state index in [9.17, 15) is 0 Å². The maximum atomic E-state index is 3.81. The Labute approximate surface area is 137 Å². The predicted octanol–water partition coefficient (Wildman–Crippen LogP) is 4.05. The van der Waals surface area contributed by atoms with Crippen molar-refractivity contribution in [2.45, 2.75) is 51.7 Å². The van der Waals surface area contributed by atoms with Crippen molar-refractivity contribution in [1.29, 1.82) is 0 Å². The Morgan fingerprint density at radius 2 is 2.14 bits per heavy atom. The molecule has 1 saturated heterocycles. The highest BCUT2D eigenvalue weighted by molar-refractivity contribution is 9.10. The minimum absolute atomic E-state index is 0.327. The van der Waals surface area contributed by atoms with Crippen LogP contribution in [0, 0.1) is 11.8 Å². The lowest BCUT2D eigenvalue weighted by Gasteiger charge is -2.49. The first-order valence-corrected chi connectivity index (χ1v) is 9.01. The van der Waals surface area contributed by atoms with Crippen LogP contribution in [0.1, 0.15) is 39.2 Å². The van der Waals surface area contributed by atoms with Crippen LogP contribution in [0.25, 0.3) is 0 Å². The third kappa shape index (κ3) is 3.35. The summed E-state index contributed by atoms with van der Waals surface area (Å²) >= 11 is 3.60. The highest BCUT2D eigenvalue weighted by atomic mass is 79.9. The minimum Gasteiger partial charge on any atom is -0.311 e. The molecule has 3 rings (SSSR count). The predicted molar refractivity (Wildman–Crippen MR) is 92.3 cm³/mol. The average Bonchev–Trinajstić information content (AvgIpc) is 3.26. The van der Waals surface area contributed by atoms with Gasteiger partial charge in [-0.05, 0) is 49.3 Å². The zero-order chi connectivity index (χ0) is 15.0. The molecule has 2 aliphatic rings. The molecule has 0 radical (unpaired) electrons. The van der Waals surface area contributed by atoms with Crippen molar-refractivity contribution in [2.24, 2.45) is 11.8 Å². The van der Waals surface area contributed by atoms with E-state index in [1.165, 1.54) is 22.9 Å². The highest BCUT2D eigenvalue weighted by Gasteiger charge is 2.48. The molecule has 0 spiro atoms. The van der Waals surface area contributed by atoms with Gasteiger partial charge in [0.15, 0.2) is 0 Å². The molecule has 0 bridgehead atoms. The summed E-state index contributed by atoms with van der Waals surface area (Å²) in [4.78, 5) is 2.74. The van der Waals surface area contributed by atoms with Crippen LogP contribution in [0.3, 0.4) is 0 Å². The highest BCUT2D eigenvalue weighted by Crippen LogP contribution is 2.44. The summed E-state index contributed by atoms with van der Waals surface area (Å²) in [6.45, 7) is 10.5. The largest absolute Gasteiger partial charge is 0.311 e. The molecule has 21 heavy (non-hydrogen) atoms. The van der Waals surface area contributed by atoms with E-state index in [2.05, 4.69) is 71.2 Å². The van der Waals surface area contributed by atoms with Crippen molar-refractivity contribution in [2.75, 3.05) is 13.1 Å². The standard InChI is InChI=1S/C18H27BrN2/c1-13(2)17-11-21(10-14-5-4-6-16(19)9-14)18(3,12-20-17)15-7-8-15/h4-6,9,13,15,17,20H,7-8,10-12H2,1-3H3. The monoisotopic (exact) mass is 350 g/mol. The van der Waals surface area contributed by atoms with E-state index in [0.717, 1.165) is 25.6 Å². The number of benzene rings is 1. The molecule has 0 aromatic heterocycles. The average molecular weight is 351 g/mol. The topological polar surface area (TPSA) is 15.3 Å². The van der Waals surface area contributed by atoms with Gasteiger partial charge in [0, 0.05) is 35.7 Å². The molecule has 1 N–H and O–H groups in total. The molecular formula is C18H27BrN2. The molecule has 2 atom stereocenters. The summed E-state index contributed by atoms with van der Waals surface area (Å²) in [5, 5.41) is 3.81. The van der Waals surface area contributed by atoms with Gasteiger partial charge in [0.05, 0.1) is 0 Å². The Balaban J connectivity index is 1.79. The number of rotatable bonds is 4. The Morgan fingerprint density at radius 1 is 1.38 bits per heavy atom. The van der Waals surface area contributed by atoms with Crippen LogP contribution in [0.4, 0.5) is 0 Å². The zero-order valence-electron chi connectivity index (χ0n) is 13.4. The van der Waals surface area contributed by atoms with Gasteiger partial charge < -0.3 is 5.32 Å². The van der Waals surface area contributed by atoms with Gasteiger partial charge in [-0.1, -0.05) is 41.9 Å². The van der Waals surface area contributed by atoms with Crippen LogP contribution in [-0.4, -0.2) is 29.6 Å². The summed E-state index contributed by atoms with van der Waals surface area (Å²) in [6.07, 6.45) is 2.80. The second-order valence-corrected chi connectivity index (χ2v) is 8.29. The van der Waals surface area contributed by atoms with Gasteiger partial charge in [0.2, 0.25) is 0 Å². The number of piperazine rings is 1. The Morgan fingerprint density at radius 3 is 2.76 bits per heavy atom. The number of nitrogens with zero attached hydrogens (tertiary/aromatic N) is 1. The first kappa shape index (κ1) is 15.5. The summed E-state index contributed by atoms with van der Waals surface area (Å²) < 4.78 is 1.18. The van der Waals surface area contributed by atoms with E-state index >= 15 is 0 Å². The molecule has 1 aromatic rings. The summed E-state index contributed by atoms with van der Waals surface area (Å²) in [5.41, 5.74) is 1.74. The van der Waals surface area contributed by atoms with E-state index in [4.69, 9.17) is 0 Å². The van der Waals surface area contributed by atoms with Crippen LogP contribution in [-0.2, 0) is 6.54 Å². The fraction of sp³-hybridized carbons (Fsp3) is 0.667. The lowest BCUT2D eigenvalue weighted by atomic mass is 9.87. The molecule has 2 unspecified atom stereocenters. The maximum Gasteiger partial charge on any atom is 0.0338 e. The van der Waals surface area contributed by atoms with Crippen molar-refractivity contribution in [3.63, 3.8) is 0 Å². The molecule has 1 saturated carbocycles. The van der Waals surface area contributed by atoms with E-state index in [0.29, 0.717) is 17.5 Å². The van der Waals surface area contributed by atoms with E-state index in [1.54, 1.807) is 0 Å². The Bertz CT molecular complexity index is 498. The van der Waals surface area contributed by atoms with Crippen molar-refractivity contribution in [3.05, 3.63) is 34.3 Å². The fourth-order valence-corrected chi connectivity index (χ4v) is 4.06. The number of halogens is 1. The summed E-state index contributed by atoms with van der Waals surface area (Å²) in [6, 6.07) is 9.39. The van der Waals surface area contributed by atoms with Crippen molar-refractivity contribution < 1.29 is 0 Å². The third-order valence-corrected chi connectivity index (χ3v) is 5.88. The van der Waals surface area contributed by atoms with Gasteiger partial charge >= 0.3 is 0 Å². The van der Waals surface area contributed by atoms with Crippen LogP contribution >= 0.6 is 15.9 Å². The quantitative estimate of drug-likeness (QED) is 0.881. The fourth-order valence-electron chi connectivity index (χ4n) is 3.62. The van der Waals surface area contributed by atoms with Gasteiger partial charge in [-0.25, -0.2) is 0 Å². The molecule has 2 fully saturated rings. The molecule has 3 heteroatoms. The van der Waals surface area contributed by atoms with Crippen molar-refractivity contribution in [3.8, 4) is 0 Å². The van der Waals surface area contributed by atoms with Gasteiger partial charge in [0.1, 0.15) is 0 Å². The molecule has 116 valence electrons. The number of hydrogen-bond donors (Lipinski definition) is 1. The van der Waals surface area contributed by atoms with Crippen molar-refractivity contribution >= 4 is 15.9 Å². The molecule has 1 heterocycles. The van der Waals surface area contributed by atoms with Crippen LogP contribution in [0.15, 0.2) is 28.7 Å². The van der Waals surface area contributed by atoms with Gasteiger partial charge in [-0.3, -0.25) is 4.90 Å². The second-order valence-electron chi connectivity index (χ2n) is 7.37. The summed E-state index contributed by atoms with van der Waals surface area (Å²) in [5.74, 6) is 1.57. The van der Waals surface area contributed by atoms with Gasteiger partial charge in [-0.15, -0.1) is 0 Å². The molecule has 1 aliphatic heterocycles. The Hall–Kier alpha value is -0.380. The number of hydrogen-bond acceptors (Lipinski definition) is 2. The first-order valence-electron chi connectivity index (χ1n) is 8.22. The molecule has 1 aliphatic carbocycles. The second kappa shape index (κ2) is 6.02. The summed E-state index contributed by atoms with van der Waals surface area (Å²) in [7, 11) is 0. The smallest absolute Gasteiger partial charge is 0.0338 e. The third-order valence-electron chi connectivity index (χ3n) is 5.39. The zero-order valence-corrected chi connectivity index (χ0v) is 15.0. The van der Waals surface area contributed by atoms with E-state index in [1.807, 2.05) is 0 Å². The molecule has 0 amide bonds. The molecule has 2 nitrogen and oxygen atoms in total. The normalized spacial score (nSPS) is 30.8. The van der Waals surface area contributed by atoms with E-state index in [-0.39, 0.29) is 0 Å². The van der Waals surface area contributed by atoms with Crippen LogP contribution in [0.5, 0.6) is 0 Å². The minimum atomic E-state index is 0.327. The lowest BCUT2D eigenvalue weighted by molar-refractivity contribution is 0.0186. The van der Waals surface area contributed by atoms with Gasteiger partial charge in [-0.2, -0.15) is 0 Å². The lowest BCUT2D eigenvalue weighted by Crippen LogP contribution is -2.65. The Kier molecular flexibility index (Phi) is 4.45. The maximum absolute atomic E-state index is 3.81. The SMILES string of the molecule is CC(C)C1CN(Cc2cccc(Br)c2)C(C)(C2CC2)CN1. The van der Waals surface area contributed by atoms with Crippen molar-refractivity contribution in [1.82, 2.24) is 10.2 Å². The number of nitrogens with one attached hydrogen (secondary N) is 1. The molecular weight excluding hydrogens is 324 g/mol. The first-order chi connectivity index (χ1) is 9.99.